The maximum Gasteiger partial charge on any atom is 0.319 e. The van der Waals surface area contributed by atoms with Crippen LogP contribution in [0, 0.1) is 18.3 Å². The number of rotatable bonds is 4. The molecule has 1 N–H and O–H groups in total. The number of aryl methyl sites for hydroxylation is 1. The summed E-state index contributed by atoms with van der Waals surface area (Å²) in [5.41, 5.74) is 1.24. The van der Waals surface area contributed by atoms with Crippen LogP contribution in [-0.4, -0.2) is 18.5 Å². The molecule has 0 aliphatic heterocycles. The smallest absolute Gasteiger partial charge is 0.319 e. The molecule has 0 saturated heterocycles. The molecule has 0 spiro atoms. The fourth-order valence-electron chi connectivity index (χ4n) is 2.02. The fourth-order valence-corrected chi connectivity index (χ4v) is 2.02. The Morgan fingerprint density at radius 1 is 1.30 bits per heavy atom. The van der Waals surface area contributed by atoms with Crippen molar-refractivity contribution >= 4 is 17.6 Å². The summed E-state index contributed by atoms with van der Waals surface area (Å²) in [7, 11) is 0. The van der Waals surface area contributed by atoms with Crippen LogP contribution >= 0.6 is 0 Å². The topological polar surface area (TPSA) is 55.4 Å². The summed E-state index contributed by atoms with van der Waals surface area (Å²) in [6.45, 7) is 9.50. The standard InChI is InChI=1S/C16H23NO3/c1-6-20-15(19)13(16(3,4)5)14(18)17-12-9-7-8-11(2)10-12/h7-10,13H,6H2,1-5H3,(H,17,18). The van der Waals surface area contributed by atoms with Crippen molar-refractivity contribution in [2.24, 2.45) is 11.3 Å². The molecule has 4 nitrogen and oxygen atoms in total. The normalized spacial score (nSPS) is 12.7. The molecule has 0 saturated carbocycles. The number of hydrogen-bond acceptors (Lipinski definition) is 3. The molecule has 4 heteroatoms. The van der Waals surface area contributed by atoms with Gasteiger partial charge in [-0.2, -0.15) is 0 Å². The average Bonchev–Trinajstić information content (AvgIpc) is 2.26. The van der Waals surface area contributed by atoms with E-state index in [0.717, 1.165) is 5.56 Å². The van der Waals surface area contributed by atoms with E-state index in [0.29, 0.717) is 5.69 Å². The molecular weight excluding hydrogens is 254 g/mol. The van der Waals surface area contributed by atoms with Crippen LogP contribution in [0.2, 0.25) is 0 Å². The monoisotopic (exact) mass is 277 g/mol. The lowest BCUT2D eigenvalue weighted by Crippen LogP contribution is -2.40. The van der Waals surface area contributed by atoms with E-state index >= 15 is 0 Å². The molecule has 1 atom stereocenters. The Bertz CT molecular complexity index is 489. The van der Waals surface area contributed by atoms with Gasteiger partial charge in [-0.05, 0) is 37.0 Å². The highest BCUT2D eigenvalue weighted by Gasteiger charge is 2.38. The quantitative estimate of drug-likeness (QED) is 0.679. The first-order chi connectivity index (χ1) is 9.25. The predicted molar refractivity (Wildman–Crippen MR) is 79.4 cm³/mol. The molecule has 1 unspecified atom stereocenters. The summed E-state index contributed by atoms with van der Waals surface area (Å²) in [5.74, 6) is -1.64. The second-order valence-electron chi connectivity index (χ2n) is 5.91. The van der Waals surface area contributed by atoms with Gasteiger partial charge in [0.15, 0.2) is 0 Å². The third-order valence-corrected chi connectivity index (χ3v) is 2.94. The van der Waals surface area contributed by atoms with Gasteiger partial charge in [0.2, 0.25) is 5.91 Å². The number of amides is 1. The molecular formula is C16H23NO3. The Balaban J connectivity index is 2.92. The van der Waals surface area contributed by atoms with Gasteiger partial charge in [0, 0.05) is 5.69 Å². The van der Waals surface area contributed by atoms with E-state index < -0.39 is 17.3 Å². The third-order valence-electron chi connectivity index (χ3n) is 2.94. The molecule has 0 radical (unpaired) electrons. The van der Waals surface area contributed by atoms with Crippen molar-refractivity contribution in [3.8, 4) is 0 Å². The van der Waals surface area contributed by atoms with Gasteiger partial charge in [0.25, 0.3) is 0 Å². The first-order valence-corrected chi connectivity index (χ1v) is 6.80. The van der Waals surface area contributed by atoms with Crippen LogP contribution < -0.4 is 5.32 Å². The molecule has 0 aliphatic rings. The van der Waals surface area contributed by atoms with Gasteiger partial charge >= 0.3 is 5.97 Å². The van der Waals surface area contributed by atoms with Crippen LogP contribution in [0.3, 0.4) is 0 Å². The van der Waals surface area contributed by atoms with E-state index in [2.05, 4.69) is 5.32 Å². The van der Waals surface area contributed by atoms with Gasteiger partial charge < -0.3 is 10.1 Å². The van der Waals surface area contributed by atoms with Gasteiger partial charge in [-0.25, -0.2) is 0 Å². The molecule has 110 valence electrons. The summed E-state index contributed by atoms with van der Waals surface area (Å²) in [6.07, 6.45) is 0. The summed E-state index contributed by atoms with van der Waals surface area (Å²) >= 11 is 0. The maximum atomic E-state index is 12.4. The van der Waals surface area contributed by atoms with Gasteiger partial charge in [-0.15, -0.1) is 0 Å². The van der Waals surface area contributed by atoms with E-state index in [-0.39, 0.29) is 12.5 Å². The molecule has 0 bridgehead atoms. The summed E-state index contributed by atoms with van der Waals surface area (Å²) in [4.78, 5) is 24.4. The lowest BCUT2D eigenvalue weighted by molar-refractivity contribution is -0.155. The number of carbonyl (C=O) groups is 2. The van der Waals surface area contributed by atoms with Crippen LogP contribution in [0.5, 0.6) is 0 Å². The molecule has 1 amide bonds. The molecule has 0 fully saturated rings. The number of carbonyl (C=O) groups excluding carboxylic acids is 2. The summed E-state index contributed by atoms with van der Waals surface area (Å²) < 4.78 is 5.01. The minimum absolute atomic E-state index is 0.267. The summed E-state index contributed by atoms with van der Waals surface area (Å²) in [6, 6.07) is 7.47. The largest absolute Gasteiger partial charge is 0.465 e. The first-order valence-electron chi connectivity index (χ1n) is 6.80. The Morgan fingerprint density at radius 3 is 2.45 bits per heavy atom. The second kappa shape index (κ2) is 6.55. The molecule has 20 heavy (non-hydrogen) atoms. The number of ether oxygens (including phenoxy) is 1. The van der Waals surface area contributed by atoms with E-state index in [1.165, 1.54) is 0 Å². The van der Waals surface area contributed by atoms with Crippen LogP contribution in [0.4, 0.5) is 5.69 Å². The Morgan fingerprint density at radius 2 is 1.95 bits per heavy atom. The summed E-state index contributed by atoms with van der Waals surface area (Å²) in [5, 5.41) is 2.79. The Hall–Kier alpha value is -1.84. The molecule has 0 heterocycles. The van der Waals surface area contributed by atoms with Crippen LogP contribution in [0.15, 0.2) is 24.3 Å². The van der Waals surface area contributed by atoms with E-state index in [4.69, 9.17) is 4.74 Å². The van der Waals surface area contributed by atoms with Crippen molar-refractivity contribution in [2.45, 2.75) is 34.6 Å². The maximum absolute atomic E-state index is 12.4. The zero-order valence-electron chi connectivity index (χ0n) is 12.8. The van der Waals surface area contributed by atoms with Crippen LogP contribution in [0.25, 0.3) is 0 Å². The number of esters is 1. The molecule has 1 aromatic rings. The zero-order valence-corrected chi connectivity index (χ0v) is 12.8. The third kappa shape index (κ3) is 4.37. The van der Waals surface area contributed by atoms with Crippen molar-refractivity contribution in [2.75, 3.05) is 11.9 Å². The van der Waals surface area contributed by atoms with Crippen molar-refractivity contribution < 1.29 is 14.3 Å². The van der Waals surface area contributed by atoms with Crippen molar-refractivity contribution in [3.63, 3.8) is 0 Å². The van der Waals surface area contributed by atoms with E-state index in [1.807, 2.05) is 45.9 Å². The number of nitrogens with one attached hydrogen (secondary N) is 1. The Labute approximate surface area is 120 Å². The number of hydrogen-bond donors (Lipinski definition) is 1. The second-order valence-corrected chi connectivity index (χ2v) is 5.91. The first kappa shape index (κ1) is 16.2. The zero-order chi connectivity index (χ0) is 15.3. The van der Waals surface area contributed by atoms with E-state index in [9.17, 15) is 9.59 Å². The van der Waals surface area contributed by atoms with Crippen LogP contribution in [-0.2, 0) is 14.3 Å². The SMILES string of the molecule is CCOC(=O)C(C(=O)Nc1cccc(C)c1)C(C)(C)C. The fraction of sp³-hybridized carbons (Fsp3) is 0.500. The minimum atomic E-state index is -0.831. The Kier molecular flexibility index (Phi) is 5.31. The number of anilines is 1. The van der Waals surface area contributed by atoms with Crippen molar-refractivity contribution in [1.29, 1.82) is 0 Å². The minimum Gasteiger partial charge on any atom is -0.465 e. The highest BCUT2D eigenvalue weighted by molar-refractivity contribution is 6.05. The van der Waals surface area contributed by atoms with Gasteiger partial charge in [0.1, 0.15) is 5.92 Å². The van der Waals surface area contributed by atoms with Crippen LogP contribution in [0.1, 0.15) is 33.3 Å². The van der Waals surface area contributed by atoms with Gasteiger partial charge in [-0.3, -0.25) is 9.59 Å². The van der Waals surface area contributed by atoms with Crippen molar-refractivity contribution in [3.05, 3.63) is 29.8 Å². The lowest BCUT2D eigenvalue weighted by atomic mass is 9.80. The molecule has 0 aromatic heterocycles. The molecule has 1 rings (SSSR count). The highest BCUT2D eigenvalue weighted by Crippen LogP contribution is 2.28. The molecule has 0 aliphatic carbocycles. The number of benzene rings is 1. The highest BCUT2D eigenvalue weighted by atomic mass is 16.5. The molecule has 1 aromatic carbocycles. The lowest BCUT2D eigenvalue weighted by Gasteiger charge is -2.27. The van der Waals surface area contributed by atoms with E-state index in [1.54, 1.807) is 13.0 Å². The van der Waals surface area contributed by atoms with Gasteiger partial charge in [-0.1, -0.05) is 32.9 Å². The predicted octanol–water partition coefficient (Wildman–Crippen LogP) is 3.16. The van der Waals surface area contributed by atoms with Gasteiger partial charge in [0.05, 0.1) is 6.61 Å². The average molecular weight is 277 g/mol. The van der Waals surface area contributed by atoms with Crippen molar-refractivity contribution in [1.82, 2.24) is 0 Å².